The molecule has 13 heavy (non-hydrogen) atoms. The number of nitrogens with one attached hydrogen (secondary N) is 2. The average molecular weight is 184 g/mol. The van der Waals surface area contributed by atoms with Crippen LogP contribution in [0.15, 0.2) is 0 Å². The number of rotatable bonds is 3. The molecule has 1 heterocycles. The van der Waals surface area contributed by atoms with E-state index in [0.717, 1.165) is 0 Å². The van der Waals surface area contributed by atoms with Crippen LogP contribution < -0.4 is 16.8 Å². The molecule has 1 aromatic rings. The number of anilines is 1. The van der Waals surface area contributed by atoms with Gasteiger partial charge >= 0.3 is 0 Å². The van der Waals surface area contributed by atoms with Gasteiger partial charge in [0.2, 0.25) is 17.7 Å². The number of hydrogen-bond donors (Lipinski definition) is 4. The van der Waals surface area contributed by atoms with Crippen molar-refractivity contribution in [2.45, 2.75) is 0 Å². The molecule has 6 N–H and O–H groups in total. The molecule has 8 nitrogen and oxygen atoms in total. The number of nitrogen functional groups attached to an aromatic ring is 1. The number of H-pyrrole nitrogens is 1. The van der Waals surface area contributed by atoms with Gasteiger partial charge in [-0.15, -0.1) is 5.10 Å². The minimum Gasteiger partial charge on any atom is -0.368 e. The summed E-state index contributed by atoms with van der Waals surface area (Å²) in [6, 6.07) is 0. The Labute approximate surface area is 72.7 Å². The van der Waals surface area contributed by atoms with Crippen molar-refractivity contribution in [1.82, 2.24) is 20.5 Å². The van der Waals surface area contributed by atoms with E-state index in [2.05, 4.69) is 20.5 Å². The molecular weight excluding hydrogens is 176 g/mol. The smallest absolute Gasteiger partial charge is 0.289 e. The maximum absolute atomic E-state index is 11.1. The third-order valence-corrected chi connectivity index (χ3v) is 1.14. The number of nitrogens with zero attached hydrogens (tertiary/aromatic N) is 2. The summed E-state index contributed by atoms with van der Waals surface area (Å²) in [6.07, 6.45) is 0. The maximum atomic E-state index is 11.1. The molecule has 70 valence electrons. The van der Waals surface area contributed by atoms with Gasteiger partial charge < -0.3 is 16.8 Å². The molecule has 0 aromatic carbocycles. The predicted octanol–water partition coefficient (Wildman–Crippen LogP) is -2.40. The lowest BCUT2D eigenvalue weighted by Gasteiger charge is -1.97. The third-order valence-electron chi connectivity index (χ3n) is 1.14. The lowest BCUT2D eigenvalue weighted by atomic mass is 10.5. The van der Waals surface area contributed by atoms with Crippen LogP contribution in [0.5, 0.6) is 0 Å². The van der Waals surface area contributed by atoms with Crippen LogP contribution in [-0.4, -0.2) is 33.5 Å². The Morgan fingerprint density at radius 1 is 1.54 bits per heavy atom. The summed E-state index contributed by atoms with van der Waals surface area (Å²) in [5, 5.41) is 7.92. The molecule has 0 aliphatic heterocycles. The Hall–Kier alpha value is -2.12. The highest BCUT2D eigenvalue weighted by molar-refractivity contribution is 5.93. The van der Waals surface area contributed by atoms with Gasteiger partial charge in [0.1, 0.15) is 0 Å². The number of primary amides is 1. The van der Waals surface area contributed by atoms with Gasteiger partial charge in [0.15, 0.2) is 0 Å². The molecule has 2 amide bonds. The van der Waals surface area contributed by atoms with Gasteiger partial charge in [-0.1, -0.05) is 0 Å². The quantitative estimate of drug-likeness (QED) is 0.414. The summed E-state index contributed by atoms with van der Waals surface area (Å²) < 4.78 is 0. The van der Waals surface area contributed by atoms with Crippen LogP contribution in [0.3, 0.4) is 0 Å². The van der Waals surface area contributed by atoms with Gasteiger partial charge in [0, 0.05) is 0 Å². The first-order valence-corrected chi connectivity index (χ1v) is 3.34. The molecular formula is C5H8N6O2. The van der Waals surface area contributed by atoms with Crippen molar-refractivity contribution in [1.29, 1.82) is 0 Å². The van der Waals surface area contributed by atoms with Crippen molar-refractivity contribution in [2.75, 3.05) is 12.3 Å². The van der Waals surface area contributed by atoms with Crippen LogP contribution >= 0.6 is 0 Å². The molecule has 1 aromatic heterocycles. The lowest BCUT2D eigenvalue weighted by molar-refractivity contribution is -0.117. The van der Waals surface area contributed by atoms with Crippen LogP contribution in [0.25, 0.3) is 0 Å². The van der Waals surface area contributed by atoms with Crippen LogP contribution in [0.4, 0.5) is 5.95 Å². The van der Waals surface area contributed by atoms with Gasteiger partial charge in [0.05, 0.1) is 6.54 Å². The first kappa shape index (κ1) is 8.97. The topological polar surface area (TPSA) is 140 Å². The number of aromatic amines is 1. The van der Waals surface area contributed by atoms with E-state index in [-0.39, 0.29) is 18.3 Å². The maximum Gasteiger partial charge on any atom is 0.289 e. The fraction of sp³-hybridized carbons (Fsp3) is 0.200. The van der Waals surface area contributed by atoms with Crippen molar-refractivity contribution in [3.63, 3.8) is 0 Å². The highest BCUT2D eigenvalue weighted by Gasteiger charge is 2.10. The molecule has 0 spiro atoms. The van der Waals surface area contributed by atoms with Crippen molar-refractivity contribution < 1.29 is 9.59 Å². The van der Waals surface area contributed by atoms with E-state index in [4.69, 9.17) is 11.5 Å². The van der Waals surface area contributed by atoms with E-state index in [1.54, 1.807) is 0 Å². The van der Waals surface area contributed by atoms with Gasteiger partial charge in [-0.05, 0) is 0 Å². The number of amides is 2. The largest absolute Gasteiger partial charge is 0.368 e. The van der Waals surface area contributed by atoms with E-state index < -0.39 is 11.8 Å². The zero-order valence-electron chi connectivity index (χ0n) is 6.57. The van der Waals surface area contributed by atoms with Crippen molar-refractivity contribution in [3.05, 3.63) is 5.82 Å². The summed E-state index contributed by atoms with van der Waals surface area (Å²) in [6.45, 7) is -0.251. The Bertz CT molecular complexity index is 332. The molecule has 0 saturated carbocycles. The van der Waals surface area contributed by atoms with Crippen LogP contribution in [-0.2, 0) is 4.79 Å². The summed E-state index contributed by atoms with van der Waals surface area (Å²) in [5.74, 6) is -1.31. The zero-order valence-corrected chi connectivity index (χ0v) is 6.57. The van der Waals surface area contributed by atoms with Crippen LogP contribution in [0.2, 0.25) is 0 Å². The second-order valence-corrected chi connectivity index (χ2v) is 2.19. The molecule has 0 radical (unpaired) electrons. The molecule has 0 fully saturated rings. The second-order valence-electron chi connectivity index (χ2n) is 2.19. The third kappa shape index (κ3) is 2.43. The monoisotopic (exact) mass is 184 g/mol. The minimum absolute atomic E-state index is 0.0378. The Kier molecular flexibility index (Phi) is 2.43. The highest BCUT2D eigenvalue weighted by Crippen LogP contribution is 1.91. The fourth-order valence-corrected chi connectivity index (χ4v) is 0.627. The van der Waals surface area contributed by atoms with Crippen LogP contribution in [0.1, 0.15) is 10.6 Å². The number of nitrogens with two attached hydrogens (primary N) is 2. The number of carbonyl (C=O) groups excluding carboxylic acids is 2. The Balaban J connectivity index is 2.54. The fourth-order valence-electron chi connectivity index (χ4n) is 0.627. The molecule has 0 aliphatic carbocycles. The van der Waals surface area contributed by atoms with E-state index in [1.807, 2.05) is 0 Å². The standard InChI is InChI=1S/C5H8N6O2/c6-2(12)1-8-4(13)3-9-5(7)11-10-3/h1H2,(H2,6,12)(H,8,13)(H3,7,9,10,11). The predicted molar refractivity (Wildman–Crippen MR) is 42.3 cm³/mol. The van der Waals surface area contributed by atoms with Crippen molar-refractivity contribution in [3.8, 4) is 0 Å². The van der Waals surface area contributed by atoms with E-state index in [9.17, 15) is 9.59 Å². The Morgan fingerprint density at radius 2 is 2.23 bits per heavy atom. The summed E-state index contributed by atoms with van der Waals surface area (Å²) in [4.78, 5) is 24.9. The first-order chi connectivity index (χ1) is 6.09. The summed E-state index contributed by atoms with van der Waals surface area (Å²) in [7, 11) is 0. The summed E-state index contributed by atoms with van der Waals surface area (Å²) >= 11 is 0. The van der Waals surface area contributed by atoms with Crippen molar-refractivity contribution >= 4 is 17.8 Å². The molecule has 0 unspecified atom stereocenters. The van der Waals surface area contributed by atoms with E-state index in [1.165, 1.54) is 0 Å². The number of hydrogen-bond acceptors (Lipinski definition) is 5. The van der Waals surface area contributed by atoms with E-state index >= 15 is 0 Å². The molecule has 8 heteroatoms. The minimum atomic E-state index is -0.638. The molecule has 0 aliphatic rings. The van der Waals surface area contributed by atoms with E-state index in [0.29, 0.717) is 0 Å². The molecule has 1 rings (SSSR count). The second kappa shape index (κ2) is 3.52. The van der Waals surface area contributed by atoms with Gasteiger partial charge in [-0.3, -0.25) is 14.7 Å². The Morgan fingerprint density at radius 3 is 2.69 bits per heavy atom. The first-order valence-electron chi connectivity index (χ1n) is 3.34. The van der Waals surface area contributed by atoms with Crippen LogP contribution in [0, 0.1) is 0 Å². The van der Waals surface area contributed by atoms with Gasteiger partial charge in [-0.25, -0.2) is 0 Å². The number of aromatic nitrogens is 3. The lowest BCUT2D eigenvalue weighted by Crippen LogP contribution is -2.33. The SMILES string of the molecule is NC(=O)CNC(=O)c1nc(N)n[nH]1. The van der Waals surface area contributed by atoms with Gasteiger partial charge in [-0.2, -0.15) is 4.98 Å². The molecule has 0 saturated heterocycles. The van der Waals surface area contributed by atoms with Crippen molar-refractivity contribution in [2.24, 2.45) is 5.73 Å². The number of carbonyl (C=O) groups is 2. The normalized spacial score (nSPS) is 9.54. The summed E-state index contributed by atoms with van der Waals surface area (Å²) in [5.41, 5.74) is 9.95. The zero-order chi connectivity index (χ0) is 9.84. The van der Waals surface area contributed by atoms with Gasteiger partial charge in [0.25, 0.3) is 5.91 Å². The average Bonchev–Trinajstić information content (AvgIpc) is 2.47. The molecule has 0 atom stereocenters. The molecule has 0 bridgehead atoms. The highest BCUT2D eigenvalue weighted by atomic mass is 16.2.